The highest BCUT2D eigenvalue weighted by Gasteiger charge is 2.17. The molecule has 7 heteroatoms. The maximum atomic E-state index is 11.6. The maximum Gasteiger partial charge on any atom is 0.331 e. The number of amides is 3. The number of urea groups is 1. The van der Waals surface area contributed by atoms with Gasteiger partial charge in [-0.3, -0.25) is 10.1 Å². The highest BCUT2D eigenvalue weighted by Crippen LogP contribution is 2.19. The molecular weight excluding hydrogens is 340 g/mol. The highest BCUT2D eigenvalue weighted by atomic mass is 79.9. The molecule has 3 N–H and O–H groups in total. The minimum absolute atomic E-state index is 0.699. The number of nitrogens with one attached hydrogen (secondary N) is 1. The minimum Gasteiger partial charge on any atom is -0.449 e. The van der Waals surface area contributed by atoms with Crippen LogP contribution in [0.2, 0.25) is 0 Å². The molecular formula is C14H15BrN2O4. The molecule has 0 aliphatic heterocycles. The van der Waals surface area contributed by atoms with Crippen molar-refractivity contribution in [2.24, 2.45) is 5.73 Å². The summed E-state index contributed by atoms with van der Waals surface area (Å²) < 4.78 is 5.68. The second kappa shape index (κ2) is 7.58. The van der Waals surface area contributed by atoms with Crippen LogP contribution >= 0.6 is 15.9 Å². The van der Waals surface area contributed by atoms with E-state index in [1.807, 2.05) is 30.4 Å². The van der Waals surface area contributed by atoms with Crippen molar-refractivity contribution in [2.75, 3.05) is 0 Å². The minimum atomic E-state index is -1.11. The third-order valence-electron chi connectivity index (χ3n) is 2.46. The Labute approximate surface area is 130 Å². The molecule has 21 heavy (non-hydrogen) atoms. The molecule has 0 aliphatic carbocycles. The van der Waals surface area contributed by atoms with Gasteiger partial charge in [-0.2, -0.15) is 0 Å². The normalized spacial score (nSPS) is 12.0. The van der Waals surface area contributed by atoms with E-state index in [-0.39, 0.29) is 0 Å². The summed E-state index contributed by atoms with van der Waals surface area (Å²) in [7, 11) is 0. The molecule has 0 aromatic heterocycles. The maximum absolute atomic E-state index is 11.6. The van der Waals surface area contributed by atoms with Gasteiger partial charge in [-0.25, -0.2) is 9.59 Å². The number of nitrogens with two attached hydrogens (primary N) is 1. The van der Waals surface area contributed by atoms with E-state index in [0.29, 0.717) is 0 Å². The van der Waals surface area contributed by atoms with Gasteiger partial charge < -0.3 is 10.5 Å². The first-order chi connectivity index (χ1) is 9.79. The van der Waals surface area contributed by atoms with Gasteiger partial charge in [0.1, 0.15) is 0 Å². The summed E-state index contributed by atoms with van der Waals surface area (Å²) in [6.07, 6.45) is 1.64. The van der Waals surface area contributed by atoms with Gasteiger partial charge in [-0.1, -0.05) is 28.1 Å². The zero-order valence-corrected chi connectivity index (χ0v) is 13.1. The van der Waals surface area contributed by atoms with Crippen LogP contribution in [0, 0.1) is 6.92 Å². The van der Waals surface area contributed by atoms with Crippen molar-refractivity contribution in [1.29, 1.82) is 0 Å². The number of aryl methyl sites for hydroxylation is 1. The summed E-state index contributed by atoms with van der Waals surface area (Å²) in [5, 5.41) is 1.83. The van der Waals surface area contributed by atoms with E-state index < -0.39 is 24.0 Å². The van der Waals surface area contributed by atoms with Crippen molar-refractivity contribution in [3.8, 4) is 0 Å². The summed E-state index contributed by atoms with van der Waals surface area (Å²) in [5.41, 5.74) is 6.67. The Morgan fingerprint density at radius 1 is 1.38 bits per heavy atom. The van der Waals surface area contributed by atoms with Gasteiger partial charge in [-0.15, -0.1) is 0 Å². The van der Waals surface area contributed by atoms with Crippen molar-refractivity contribution in [3.63, 3.8) is 0 Å². The summed E-state index contributed by atoms with van der Waals surface area (Å²) in [6, 6.07) is 4.65. The zero-order valence-electron chi connectivity index (χ0n) is 11.6. The fourth-order valence-corrected chi connectivity index (χ4v) is 2.04. The molecule has 0 bridgehead atoms. The molecule has 1 atom stereocenters. The van der Waals surface area contributed by atoms with E-state index in [1.54, 1.807) is 6.08 Å². The lowest BCUT2D eigenvalue weighted by molar-refractivity contribution is -0.149. The Balaban J connectivity index is 2.62. The number of imide groups is 1. The quantitative estimate of drug-likeness (QED) is 0.637. The molecule has 0 aliphatic rings. The van der Waals surface area contributed by atoms with Crippen molar-refractivity contribution in [1.82, 2.24) is 5.32 Å². The van der Waals surface area contributed by atoms with Crippen LogP contribution in [-0.4, -0.2) is 24.0 Å². The van der Waals surface area contributed by atoms with E-state index in [1.165, 1.54) is 13.0 Å². The predicted octanol–water partition coefficient (Wildman–Crippen LogP) is 1.90. The number of carbonyl (C=O) groups is 3. The smallest absolute Gasteiger partial charge is 0.331 e. The van der Waals surface area contributed by atoms with E-state index in [4.69, 9.17) is 10.5 Å². The van der Waals surface area contributed by atoms with Crippen molar-refractivity contribution in [2.45, 2.75) is 20.0 Å². The van der Waals surface area contributed by atoms with Crippen LogP contribution in [0.1, 0.15) is 18.1 Å². The molecule has 0 heterocycles. The summed E-state index contributed by atoms with van der Waals surface area (Å²) >= 11 is 3.38. The van der Waals surface area contributed by atoms with Gasteiger partial charge in [0.2, 0.25) is 0 Å². The highest BCUT2D eigenvalue weighted by molar-refractivity contribution is 9.10. The van der Waals surface area contributed by atoms with Gasteiger partial charge in [0.25, 0.3) is 5.91 Å². The van der Waals surface area contributed by atoms with Gasteiger partial charge in [-0.05, 0) is 37.1 Å². The molecule has 3 amide bonds. The molecule has 6 nitrogen and oxygen atoms in total. The fraction of sp³-hybridized carbons (Fsp3) is 0.214. The molecule has 112 valence electrons. The Bertz CT molecular complexity index is 599. The number of benzene rings is 1. The van der Waals surface area contributed by atoms with E-state index in [0.717, 1.165) is 15.6 Å². The molecule has 0 fully saturated rings. The number of rotatable bonds is 4. The molecule has 1 rings (SSSR count). The average Bonchev–Trinajstić information content (AvgIpc) is 2.36. The van der Waals surface area contributed by atoms with Crippen LogP contribution in [0.25, 0.3) is 6.08 Å². The van der Waals surface area contributed by atoms with E-state index in [2.05, 4.69) is 15.9 Å². The van der Waals surface area contributed by atoms with Crippen LogP contribution in [0.3, 0.4) is 0 Å². The molecule has 1 aromatic rings. The second-order valence-electron chi connectivity index (χ2n) is 4.29. The lowest BCUT2D eigenvalue weighted by Crippen LogP contribution is -2.42. The number of hydrogen-bond acceptors (Lipinski definition) is 4. The molecule has 0 radical (unpaired) electrons. The molecule has 0 unspecified atom stereocenters. The van der Waals surface area contributed by atoms with Crippen LogP contribution < -0.4 is 11.1 Å². The van der Waals surface area contributed by atoms with E-state index in [9.17, 15) is 14.4 Å². The SMILES string of the molecule is Cc1ccc(/C=C/C(=O)O[C@@H](C)C(=O)NC(N)=O)c(Br)c1. The summed E-state index contributed by atoms with van der Waals surface area (Å²) in [6.45, 7) is 3.29. The Morgan fingerprint density at radius 3 is 2.62 bits per heavy atom. The first-order valence-electron chi connectivity index (χ1n) is 6.04. The van der Waals surface area contributed by atoms with E-state index >= 15 is 0 Å². The first-order valence-corrected chi connectivity index (χ1v) is 6.84. The van der Waals surface area contributed by atoms with Crippen LogP contribution in [0.4, 0.5) is 4.79 Å². The number of carbonyl (C=O) groups excluding carboxylic acids is 3. The lowest BCUT2D eigenvalue weighted by Gasteiger charge is -2.10. The lowest BCUT2D eigenvalue weighted by atomic mass is 10.1. The molecule has 0 saturated carbocycles. The summed E-state index contributed by atoms with van der Waals surface area (Å²) in [4.78, 5) is 33.4. The standard InChI is InChI=1S/C14H15BrN2O4/c1-8-3-4-10(11(15)7-8)5-6-12(18)21-9(2)13(19)17-14(16)20/h3-7,9H,1-2H3,(H3,16,17,19,20)/b6-5+/t9-/m0/s1. The molecule has 0 saturated heterocycles. The van der Waals surface area contributed by atoms with Gasteiger partial charge >= 0.3 is 12.0 Å². The third-order valence-corrected chi connectivity index (χ3v) is 3.15. The van der Waals surface area contributed by atoms with Crippen LogP contribution in [-0.2, 0) is 14.3 Å². The Morgan fingerprint density at radius 2 is 2.05 bits per heavy atom. The largest absolute Gasteiger partial charge is 0.449 e. The van der Waals surface area contributed by atoms with Crippen molar-refractivity contribution in [3.05, 3.63) is 39.9 Å². The second-order valence-corrected chi connectivity index (χ2v) is 5.15. The Hall–Kier alpha value is -2.15. The van der Waals surface area contributed by atoms with Crippen LogP contribution in [0.5, 0.6) is 0 Å². The monoisotopic (exact) mass is 354 g/mol. The number of esters is 1. The number of hydrogen-bond donors (Lipinski definition) is 2. The third kappa shape index (κ3) is 5.78. The predicted molar refractivity (Wildman–Crippen MR) is 81.2 cm³/mol. The zero-order chi connectivity index (χ0) is 16.0. The van der Waals surface area contributed by atoms with Gasteiger partial charge in [0.05, 0.1) is 0 Å². The molecule has 0 spiro atoms. The fourth-order valence-electron chi connectivity index (χ4n) is 1.42. The Kier molecular flexibility index (Phi) is 6.10. The van der Waals surface area contributed by atoms with Gasteiger partial charge in [0.15, 0.2) is 6.10 Å². The van der Waals surface area contributed by atoms with Crippen molar-refractivity contribution >= 4 is 39.9 Å². The van der Waals surface area contributed by atoms with Crippen LogP contribution in [0.15, 0.2) is 28.7 Å². The molecule has 1 aromatic carbocycles. The summed E-state index contributed by atoms with van der Waals surface area (Å²) in [5.74, 6) is -1.48. The first kappa shape index (κ1) is 16.9. The van der Waals surface area contributed by atoms with Gasteiger partial charge in [0, 0.05) is 10.5 Å². The number of primary amides is 1. The average molecular weight is 355 g/mol. The number of ether oxygens (including phenoxy) is 1. The topological polar surface area (TPSA) is 98.5 Å². The number of halogens is 1. The van der Waals surface area contributed by atoms with Crippen molar-refractivity contribution < 1.29 is 19.1 Å².